The second-order valence-electron chi connectivity index (χ2n) is 6.01. The van der Waals surface area contributed by atoms with Crippen LogP contribution in [-0.2, 0) is 6.18 Å². The minimum absolute atomic E-state index is 0.656. The summed E-state index contributed by atoms with van der Waals surface area (Å²) in [6.07, 6.45) is -2.62. The molecule has 0 bridgehead atoms. The third kappa shape index (κ3) is 2.94. The van der Waals surface area contributed by atoms with Gasteiger partial charge in [0.15, 0.2) is 0 Å². The SMILES string of the molecule is FC(F)(F)c1ccc(-c2cnc3ccccc3c2-c2ccccc2)cc1. The topological polar surface area (TPSA) is 12.9 Å². The summed E-state index contributed by atoms with van der Waals surface area (Å²) in [5, 5.41) is 0.969. The van der Waals surface area contributed by atoms with Crippen molar-refractivity contribution < 1.29 is 13.2 Å². The molecule has 128 valence electrons. The van der Waals surface area contributed by atoms with Gasteiger partial charge in [-0.25, -0.2) is 0 Å². The van der Waals surface area contributed by atoms with E-state index in [0.29, 0.717) is 5.56 Å². The minimum Gasteiger partial charge on any atom is -0.256 e. The Labute approximate surface area is 148 Å². The van der Waals surface area contributed by atoms with Gasteiger partial charge in [-0.1, -0.05) is 60.7 Å². The predicted octanol–water partition coefficient (Wildman–Crippen LogP) is 6.59. The molecule has 4 heteroatoms. The van der Waals surface area contributed by atoms with Crippen molar-refractivity contribution in [1.29, 1.82) is 0 Å². The monoisotopic (exact) mass is 349 g/mol. The van der Waals surface area contributed by atoms with Gasteiger partial charge in [-0.3, -0.25) is 4.98 Å². The number of rotatable bonds is 2. The van der Waals surface area contributed by atoms with Crippen LogP contribution in [0.5, 0.6) is 0 Å². The summed E-state index contributed by atoms with van der Waals surface area (Å²) in [4.78, 5) is 4.49. The van der Waals surface area contributed by atoms with Crippen LogP contribution in [0.2, 0.25) is 0 Å². The number of pyridine rings is 1. The van der Waals surface area contributed by atoms with Crippen molar-refractivity contribution in [1.82, 2.24) is 4.98 Å². The van der Waals surface area contributed by atoms with Gasteiger partial charge in [0.25, 0.3) is 0 Å². The lowest BCUT2D eigenvalue weighted by Gasteiger charge is -2.14. The van der Waals surface area contributed by atoms with Crippen LogP contribution in [0.3, 0.4) is 0 Å². The van der Waals surface area contributed by atoms with Gasteiger partial charge in [0.1, 0.15) is 0 Å². The van der Waals surface area contributed by atoms with Crippen LogP contribution < -0.4 is 0 Å². The van der Waals surface area contributed by atoms with E-state index in [1.165, 1.54) is 12.1 Å². The molecule has 0 atom stereocenters. The van der Waals surface area contributed by atoms with E-state index in [0.717, 1.165) is 39.7 Å². The van der Waals surface area contributed by atoms with Crippen molar-refractivity contribution in [3.63, 3.8) is 0 Å². The molecular formula is C22H14F3N. The molecule has 0 amide bonds. The highest BCUT2D eigenvalue weighted by Gasteiger charge is 2.30. The summed E-state index contributed by atoms with van der Waals surface area (Å²) in [7, 11) is 0. The van der Waals surface area contributed by atoms with E-state index in [4.69, 9.17) is 0 Å². The molecular weight excluding hydrogens is 335 g/mol. The number of benzene rings is 3. The fourth-order valence-corrected chi connectivity index (χ4v) is 3.11. The molecule has 4 rings (SSSR count). The highest BCUT2D eigenvalue weighted by molar-refractivity contribution is 6.02. The summed E-state index contributed by atoms with van der Waals surface area (Å²) in [5.74, 6) is 0. The normalized spacial score (nSPS) is 11.7. The molecule has 0 saturated carbocycles. The van der Waals surface area contributed by atoms with Crippen molar-refractivity contribution in [2.75, 3.05) is 0 Å². The molecule has 0 aliphatic heterocycles. The Morgan fingerprint density at radius 2 is 1.31 bits per heavy atom. The third-order valence-corrected chi connectivity index (χ3v) is 4.36. The maximum Gasteiger partial charge on any atom is 0.416 e. The van der Waals surface area contributed by atoms with Crippen LogP contribution in [0.25, 0.3) is 33.2 Å². The lowest BCUT2D eigenvalue weighted by molar-refractivity contribution is -0.137. The van der Waals surface area contributed by atoms with E-state index in [1.807, 2.05) is 54.6 Å². The number of para-hydroxylation sites is 1. The fraction of sp³-hybridized carbons (Fsp3) is 0.0455. The summed E-state index contributed by atoms with van der Waals surface area (Å²) < 4.78 is 38.6. The fourth-order valence-electron chi connectivity index (χ4n) is 3.11. The quantitative estimate of drug-likeness (QED) is 0.398. The van der Waals surface area contributed by atoms with Crippen molar-refractivity contribution in [3.8, 4) is 22.3 Å². The van der Waals surface area contributed by atoms with Gasteiger partial charge in [-0.05, 0) is 29.3 Å². The van der Waals surface area contributed by atoms with E-state index in [2.05, 4.69) is 4.98 Å². The first-order valence-corrected chi connectivity index (χ1v) is 8.15. The van der Waals surface area contributed by atoms with Gasteiger partial charge < -0.3 is 0 Å². The second kappa shape index (κ2) is 6.30. The lowest BCUT2D eigenvalue weighted by atomic mass is 9.92. The van der Waals surface area contributed by atoms with Gasteiger partial charge in [-0.15, -0.1) is 0 Å². The van der Waals surface area contributed by atoms with Crippen LogP contribution in [0.15, 0.2) is 85.1 Å². The smallest absolute Gasteiger partial charge is 0.256 e. The number of hydrogen-bond acceptors (Lipinski definition) is 1. The Balaban J connectivity index is 1.96. The Hall–Kier alpha value is -3.14. The van der Waals surface area contributed by atoms with Crippen LogP contribution in [0, 0.1) is 0 Å². The van der Waals surface area contributed by atoms with Crippen molar-refractivity contribution >= 4 is 10.9 Å². The molecule has 0 N–H and O–H groups in total. The van der Waals surface area contributed by atoms with Crippen molar-refractivity contribution in [2.45, 2.75) is 6.18 Å². The Kier molecular flexibility index (Phi) is 3.96. The zero-order valence-corrected chi connectivity index (χ0v) is 13.7. The molecule has 1 nitrogen and oxygen atoms in total. The molecule has 0 unspecified atom stereocenters. The number of alkyl halides is 3. The highest BCUT2D eigenvalue weighted by Crippen LogP contribution is 2.38. The Morgan fingerprint density at radius 1 is 0.654 bits per heavy atom. The van der Waals surface area contributed by atoms with Crippen LogP contribution >= 0.6 is 0 Å². The summed E-state index contributed by atoms with van der Waals surface area (Å²) in [5.41, 5.74) is 3.67. The summed E-state index contributed by atoms with van der Waals surface area (Å²) in [6.45, 7) is 0. The van der Waals surface area contributed by atoms with Gasteiger partial charge in [-0.2, -0.15) is 13.2 Å². The lowest BCUT2D eigenvalue weighted by Crippen LogP contribution is -2.04. The van der Waals surface area contributed by atoms with Gasteiger partial charge in [0.2, 0.25) is 0 Å². The van der Waals surface area contributed by atoms with Crippen molar-refractivity contribution in [2.24, 2.45) is 0 Å². The van der Waals surface area contributed by atoms with E-state index < -0.39 is 11.7 Å². The molecule has 0 aliphatic carbocycles. The zero-order chi connectivity index (χ0) is 18.1. The standard InChI is InChI=1S/C22H14F3N/c23-22(24,25)17-12-10-15(11-13-17)19-14-26-20-9-5-4-8-18(20)21(19)16-6-2-1-3-7-16/h1-14H. The molecule has 0 saturated heterocycles. The molecule has 1 aromatic heterocycles. The second-order valence-corrected chi connectivity index (χ2v) is 6.01. The van der Waals surface area contributed by atoms with Gasteiger partial charge in [0, 0.05) is 22.7 Å². The first-order chi connectivity index (χ1) is 12.5. The number of fused-ring (bicyclic) bond motifs is 1. The first-order valence-electron chi connectivity index (χ1n) is 8.15. The molecule has 0 fully saturated rings. The molecule has 1 heterocycles. The molecule has 0 aliphatic rings. The first kappa shape index (κ1) is 16.3. The highest BCUT2D eigenvalue weighted by atomic mass is 19.4. The molecule has 0 spiro atoms. The minimum atomic E-state index is -4.34. The average Bonchev–Trinajstić information content (AvgIpc) is 2.67. The zero-order valence-electron chi connectivity index (χ0n) is 13.7. The van der Waals surface area contributed by atoms with Crippen LogP contribution in [-0.4, -0.2) is 4.98 Å². The number of halogens is 3. The number of nitrogens with zero attached hydrogens (tertiary/aromatic N) is 1. The maximum atomic E-state index is 12.9. The van der Waals surface area contributed by atoms with E-state index in [1.54, 1.807) is 6.20 Å². The van der Waals surface area contributed by atoms with E-state index in [9.17, 15) is 13.2 Å². The van der Waals surface area contributed by atoms with Gasteiger partial charge >= 0.3 is 6.18 Å². The molecule has 3 aromatic carbocycles. The molecule has 4 aromatic rings. The maximum absolute atomic E-state index is 12.9. The van der Waals surface area contributed by atoms with Crippen LogP contribution in [0.4, 0.5) is 13.2 Å². The van der Waals surface area contributed by atoms with E-state index in [-0.39, 0.29) is 0 Å². The summed E-state index contributed by atoms with van der Waals surface area (Å²) in [6, 6.07) is 22.8. The van der Waals surface area contributed by atoms with Gasteiger partial charge in [0.05, 0.1) is 11.1 Å². The van der Waals surface area contributed by atoms with E-state index >= 15 is 0 Å². The largest absolute Gasteiger partial charge is 0.416 e. The predicted molar refractivity (Wildman–Crippen MR) is 97.6 cm³/mol. The van der Waals surface area contributed by atoms with Crippen molar-refractivity contribution in [3.05, 3.63) is 90.6 Å². The Morgan fingerprint density at radius 3 is 2.00 bits per heavy atom. The average molecular weight is 349 g/mol. The van der Waals surface area contributed by atoms with Crippen LogP contribution in [0.1, 0.15) is 5.56 Å². The number of aromatic nitrogens is 1. The number of hydrogen-bond donors (Lipinski definition) is 0. The third-order valence-electron chi connectivity index (χ3n) is 4.36. The molecule has 0 radical (unpaired) electrons. The Bertz CT molecular complexity index is 1050. The summed E-state index contributed by atoms with van der Waals surface area (Å²) >= 11 is 0. The molecule has 26 heavy (non-hydrogen) atoms.